The number of nitrogens with one attached hydrogen (secondary N) is 1. The van der Waals surface area contributed by atoms with Crippen LogP contribution >= 0.6 is 11.3 Å². The van der Waals surface area contributed by atoms with Crippen molar-refractivity contribution in [3.05, 3.63) is 75.7 Å². The summed E-state index contributed by atoms with van der Waals surface area (Å²) in [6, 6.07) is 12.2. The molecule has 0 saturated carbocycles. The van der Waals surface area contributed by atoms with Gasteiger partial charge in [-0.3, -0.25) is 9.48 Å². The molecule has 2 heterocycles. The van der Waals surface area contributed by atoms with E-state index in [1.54, 1.807) is 17.5 Å². The van der Waals surface area contributed by atoms with E-state index in [1.807, 2.05) is 46.6 Å². The molecule has 1 aromatic carbocycles. The van der Waals surface area contributed by atoms with Gasteiger partial charge in [0.1, 0.15) is 0 Å². The van der Waals surface area contributed by atoms with Gasteiger partial charge in [-0.25, -0.2) is 0 Å². The molecule has 3 aromatic rings. The molecule has 0 bridgehead atoms. The van der Waals surface area contributed by atoms with Gasteiger partial charge in [-0.1, -0.05) is 37.3 Å². The highest BCUT2D eigenvalue weighted by Gasteiger charge is 2.16. The molecule has 4 nitrogen and oxygen atoms in total. The lowest BCUT2D eigenvalue weighted by Crippen LogP contribution is -2.23. The summed E-state index contributed by atoms with van der Waals surface area (Å²) in [5.41, 5.74) is 3.93. The summed E-state index contributed by atoms with van der Waals surface area (Å²) in [4.78, 5) is 12.4. The molecule has 23 heavy (non-hydrogen) atoms. The molecule has 3 rings (SSSR count). The fraction of sp³-hybridized carbons (Fsp3) is 0.222. The Hall–Kier alpha value is -2.40. The number of hydrogen-bond donors (Lipinski definition) is 1. The van der Waals surface area contributed by atoms with Crippen LogP contribution in [0.5, 0.6) is 0 Å². The summed E-state index contributed by atoms with van der Waals surface area (Å²) in [5, 5.41) is 11.4. The maximum Gasteiger partial charge on any atom is 0.255 e. The lowest BCUT2D eigenvalue weighted by Gasteiger charge is -2.08. The van der Waals surface area contributed by atoms with Gasteiger partial charge >= 0.3 is 0 Å². The number of rotatable bonds is 6. The highest BCUT2D eigenvalue weighted by Crippen LogP contribution is 2.13. The van der Waals surface area contributed by atoms with Gasteiger partial charge < -0.3 is 5.32 Å². The van der Waals surface area contributed by atoms with Crippen molar-refractivity contribution in [2.24, 2.45) is 0 Å². The van der Waals surface area contributed by atoms with Crippen molar-refractivity contribution >= 4 is 17.2 Å². The van der Waals surface area contributed by atoms with Crippen molar-refractivity contribution < 1.29 is 4.79 Å². The maximum absolute atomic E-state index is 12.4. The third-order valence-electron chi connectivity index (χ3n) is 3.74. The van der Waals surface area contributed by atoms with Crippen molar-refractivity contribution in [1.82, 2.24) is 15.1 Å². The molecule has 2 aromatic heterocycles. The average molecular weight is 325 g/mol. The molecule has 0 atom stereocenters. The predicted molar refractivity (Wildman–Crippen MR) is 92.6 cm³/mol. The Morgan fingerprint density at radius 1 is 1.22 bits per heavy atom. The second kappa shape index (κ2) is 7.24. The van der Waals surface area contributed by atoms with Crippen LogP contribution in [0.2, 0.25) is 0 Å². The molecule has 0 spiro atoms. The molecule has 0 aliphatic heterocycles. The second-order valence-corrected chi connectivity index (χ2v) is 6.10. The first-order valence-electron chi connectivity index (χ1n) is 7.65. The number of benzene rings is 1. The summed E-state index contributed by atoms with van der Waals surface area (Å²) in [7, 11) is 0. The number of aromatic nitrogens is 2. The van der Waals surface area contributed by atoms with E-state index in [2.05, 4.69) is 22.5 Å². The molecule has 1 N–H and O–H groups in total. The molecule has 0 aliphatic carbocycles. The molecule has 0 aliphatic rings. The minimum absolute atomic E-state index is 0.0626. The predicted octanol–water partition coefficient (Wildman–Crippen LogP) is 3.49. The van der Waals surface area contributed by atoms with Gasteiger partial charge in [0.15, 0.2) is 0 Å². The van der Waals surface area contributed by atoms with Crippen LogP contribution in [0.15, 0.2) is 53.4 Å². The van der Waals surface area contributed by atoms with Crippen molar-refractivity contribution in [2.45, 2.75) is 26.4 Å². The van der Waals surface area contributed by atoms with Crippen LogP contribution in [0.1, 0.15) is 34.1 Å². The zero-order chi connectivity index (χ0) is 16.1. The largest absolute Gasteiger partial charge is 0.348 e. The summed E-state index contributed by atoms with van der Waals surface area (Å²) in [6.07, 6.45) is 2.44. The van der Waals surface area contributed by atoms with E-state index in [4.69, 9.17) is 0 Å². The molecule has 0 fully saturated rings. The Balaban J connectivity index is 1.73. The van der Waals surface area contributed by atoms with E-state index in [-0.39, 0.29) is 5.91 Å². The summed E-state index contributed by atoms with van der Waals surface area (Å²) >= 11 is 1.63. The molecule has 5 heteroatoms. The van der Waals surface area contributed by atoms with E-state index in [0.717, 1.165) is 17.7 Å². The fourth-order valence-corrected chi connectivity index (χ4v) is 3.21. The minimum atomic E-state index is -0.0626. The highest BCUT2D eigenvalue weighted by molar-refractivity contribution is 7.07. The van der Waals surface area contributed by atoms with Gasteiger partial charge in [0.05, 0.1) is 24.0 Å². The van der Waals surface area contributed by atoms with Crippen LogP contribution in [-0.2, 0) is 19.5 Å². The second-order valence-electron chi connectivity index (χ2n) is 5.32. The number of amides is 1. The topological polar surface area (TPSA) is 46.9 Å². The Morgan fingerprint density at radius 3 is 2.74 bits per heavy atom. The first-order valence-corrected chi connectivity index (χ1v) is 8.60. The van der Waals surface area contributed by atoms with Gasteiger partial charge in [-0.05, 0) is 34.4 Å². The van der Waals surface area contributed by atoms with Gasteiger partial charge in [-0.2, -0.15) is 16.4 Å². The third kappa shape index (κ3) is 3.68. The molecular weight excluding hydrogens is 306 g/mol. The number of carbonyl (C=O) groups is 1. The van der Waals surface area contributed by atoms with Crippen molar-refractivity contribution in [3.8, 4) is 0 Å². The van der Waals surface area contributed by atoms with E-state index in [1.165, 1.54) is 5.56 Å². The summed E-state index contributed by atoms with van der Waals surface area (Å²) in [5.74, 6) is -0.0626. The zero-order valence-electron chi connectivity index (χ0n) is 13.0. The molecule has 0 unspecified atom stereocenters. The van der Waals surface area contributed by atoms with Crippen LogP contribution in [0.3, 0.4) is 0 Å². The normalized spacial score (nSPS) is 10.7. The van der Waals surface area contributed by atoms with E-state index >= 15 is 0 Å². The van der Waals surface area contributed by atoms with E-state index < -0.39 is 0 Å². The first kappa shape index (κ1) is 15.5. The third-order valence-corrected chi connectivity index (χ3v) is 4.47. The van der Waals surface area contributed by atoms with Gasteiger partial charge in [-0.15, -0.1) is 0 Å². The Kier molecular flexibility index (Phi) is 4.88. The SMILES string of the molecule is CCc1c(C(=O)NCc2ccsc2)cnn1Cc1ccccc1. The molecule has 1 amide bonds. The van der Waals surface area contributed by atoms with Crippen molar-refractivity contribution in [2.75, 3.05) is 0 Å². The fourth-order valence-electron chi connectivity index (χ4n) is 2.54. The number of nitrogens with zero attached hydrogens (tertiary/aromatic N) is 2. The first-order chi connectivity index (χ1) is 11.3. The Bertz CT molecular complexity index is 763. The standard InChI is InChI=1S/C18H19N3OS/c1-2-17-16(18(22)19-10-15-8-9-23-13-15)11-20-21(17)12-14-6-4-3-5-7-14/h3-9,11,13H,2,10,12H2,1H3,(H,19,22). The lowest BCUT2D eigenvalue weighted by molar-refractivity contribution is 0.0950. The lowest BCUT2D eigenvalue weighted by atomic mass is 10.1. The van der Waals surface area contributed by atoms with Crippen molar-refractivity contribution in [1.29, 1.82) is 0 Å². The van der Waals surface area contributed by atoms with Crippen LogP contribution in [-0.4, -0.2) is 15.7 Å². The van der Waals surface area contributed by atoms with Gasteiger partial charge in [0.25, 0.3) is 5.91 Å². The van der Waals surface area contributed by atoms with Crippen LogP contribution < -0.4 is 5.32 Å². The minimum Gasteiger partial charge on any atom is -0.348 e. The van der Waals surface area contributed by atoms with Gasteiger partial charge in [0, 0.05) is 6.54 Å². The molecule has 0 saturated heterocycles. The molecular formula is C18H19N3OS. The van der Waals surface area contributed by atoms with Crippen LogP contribution in [0.25, 0.3) is 0 Å². The quantitative estimate of drug-likeness (QED) is 0.754. The number of carbonyl (C=O) groups excluding carboxylic acids is 1. The molecule has 118 valence electrons. The van der Waals surface area contributed by atoms with E-state index in [0.29, 0.717) is 18.7 Å². The molecule has 0 radical (unpaired) electrons. The summed E-state index contributed by atoms with van der Waals surface area (Å²) in [6.45, 7) is 3.28. The number of thiophene rings is 1. The Morgan fingerprint density at radius 2 is 2.04 bits per heavy atom. The van der Waals surface area contributed by atoms with Crippen molar-refractivity contribution in [3.63, 3.8) is 0 Å². The monoisotopic (exact) mass is 325 g/mol. The van der Waals surface area contributed by atoms with Gasteiger partial charge in [0.2, 0.25) is 0 Å². The maximum atomic E-state index is 12.4. The average Bonchev–Trinajstić information content (AvgIpc) is 3.23. The smallest absolute Gasteiger partial charge is 0.255 e. The summed E-state index contributed by atoms with van der Waals surface area (Å²) < 4.78 is 1.91. The Labute approximate surface area is 139 Å². The van der Waals surface area contributed by atoms with Crippen LogP contribution in [0.4, 0.5) is 0 Å². The van der Waals surface area contributed by atoms with Crippen LogP contribution in [0, 0.1) is 0 Å². The zero-order valence-corrected chi connectivity index (χ0v) is 13.8. The highest BCUT2D eigenvalue weighted by atomic mass is 32.1. The van der Waals surface area contributed by atoms with E-state index in [9.17, 15) is 4.79 Å². The number of hydrogen-bond acceptors (Lipinski definition) is 3.